The maximum atomic E-state index is 11.4. The van der Waals surface area contributed by atoms with Crippen LogP contribution in [0.2, 0.25) is 0 Å². The van der Waals surface area contributed by atoms with Gasteiger partial charge in [-0.1, -0.05) is 39.5 Å². The molecule has 0 aromatic rings. The fourth-order valence-electron chi connectivity index (χ4n) is 1.42. The number of carbonyl (C=O) groups excluding carboxylic acids is 2. The maximum Gasteiger partial charge on any atom is 0.331 e. The Bertz CT molecular complexity index is 272. The van der Waals surface area contributed by atoms with Crippen LogP contribution in [0.15, 0.2) is 11.6 Å². The molecule has 0 fully saturated rings. The summed E-state index contributed by atoms with van der Waals surface area (Å²) in [5, 5.41) is 0. The van der Waals surface area contributed by atoms with Crippen molar-refractivity contribution < 1.29 is 14.3 Å². The van der Waals surface area contributed by atoms with Crippen LogP contribution >= 0.6 is 0 Å². The van der Waals surface area contributed by atoms with Crippen LogP contribution in [0, 0.1) is 0 Å². The highest BCUT2D eigenvalue weighted by Gasteiger charge is 2.07. The van der Waals surface area contributed by atoms with Crippen molar-refractivity contribution in [2.75, 3.05) is 6.61 Å². The first kappa shape index (κ1) is 15.7. The molecule has 0 radical (unpaired) electrons. The Hall–Kier alpha value is -1.32. The van der Waals surface area contributed by atoms with Gasteiger partial charge >= 0.3 is 5.97 Å². The fraction of sp³-hybridized carbons (Fsp3) is 0.692. The molecule has 0 unspecified atom stereocenters. The number of primary amides is 1. The van der Waals surface area contributed by atoms with Gasteiger partial charge in [0.2, 0.25) is 5.91 Å². The molecule has 0 rings (SSSR count). The van der Waals surface area contributed by atoms with Gasteiger partial charge in [0, 0.05) is 11.6 Å². The van der Waals surface area contributed by atoms with E-state index in [9.17, 15) is 9.59 Å². The van der Waals surface area contributed by atoms with Gasteiger partial charge in [-0.25, -0.2) is 4.79 Å². The van der Waals surface area contributed by atoms with Crippen LogP contribution < -0.4 is 5.73 Å². The topological polar surface area (TPSA) is 69.4 Å². The van der Waals surface area contributed by atoms with Gasteiger partial charge in [-0.15, -0.1) is 0 Å². The molecule has 4 heteroatoms. The van der Waals surface area contributed by atoms with Crippen LogP contribution in [0.5, 0.6) is 0 Å². The zero-order valence-corrected chi connectivity index (χ0v) is 10.8. The van der Waals surface area contributed by atoms with Gasteiger partial charge in [0.05, 0.1) is 6.61 Å². The average Bonchev–Trinajstić information content (AvgIpc) is 2.28. The van der Waals surface area contributed by atoms with Crippen LogP contribution in [0.1, 0.15) is 52.4 Å². The van der Waals surface area contributed by atoms with Crippen molar-refractivity contribution in [3.05, 3.63) is 11.6 Å². The summed E-state index contributed by atoms with van der Waals surface area (Å²) >= 11 is 0. The van der Waals surface area contributed by atoms with Crippen molar-refractivity contribution in [2.45, 2.75) is 52.4 Å². The van der Waals surface area contributed by atoms with Crippen molar-refractivity contribution in [3.63, 3.8) is 0 Å². The SMILES string of the molecule is CCCCCCOC(=O)/C=C(/CCC)C(N)=O. The molecule has 0 bridgehead atoms. The van der Waals surface area contributed by atoms with Crippen molar-refractivity contribution in [3.8, 4) is 0 Å². The third-order valence-electron chi connectivity index (χ3n) is 2.37. The minimum Gasteiger partial charge on any atom is -0.463 e. The van der Waals surface area contributed by atoms with E-state index in [1.165, 1.54) is 6.08 Å². The van der Waals surface area contributed by atoms with Gasteiger partial charge < -0.3 is 10.5 Å². The third-order valence-corrected chi connectivity index (χ3v) is 2.37. The summed E-state index contributed by atoms with van der Waals surface area (Å²) in [6.45, 7) is 4.46. The van der Waals surface area contributed by atoms with Crippen LogP contribution in [0.4, 0.5) is 0 Å². The molecule has 0 aliphatic heterocycles. The highest BCUT2D eigenvalue weighted by atomic mass is 16.5. The van der Waals surface area contributed by atoms with Crippen molar-refractivity contribution in [2.24, 2.45) is 5.73 Å². The van der Waals surface area contributed by atoms with Gasteiger partial charge in [0.1, 0.15) is 0 Å². The number of hydrogen-bond acceptors (Lipinski definition) is 3. The lowest BCUT2D eigenvalue weighted by Crippen LogP contribution is -2.16. The Kier molecular flexibility index (Phi) is 9.11. The second kappa shape index (κ2) is 9.87. The molecular weight excluding hydrogens is 218 g/mol. The fourth-order valence-corrected chi connectivity index (χ4v) is 1.42. The molecule has 0 atom stereocenters. The first-order chi connectivity index (χ1) is 8.11. The largest absolute Gasteiger partial charge is 0.463 e. The third kappa shape index (κ3) is 8.48. The molecule has 0 heterocycles. The molecule has 98 valence electrons. The lowest BCUT2D eigenvalue weighted by molar-refractivity contribution is -0.138. The van der Waals surface area contributed by atoms with E-state index in [1.54, 1.807) is 0 Å². The molecule has 0 aliphatic carbocycles. The summed E-state index contributed by atoms with van der Waals surface area (Å²) in [6.07, 6.45) is 6.73. The molecular formula is C13H23NO3. The van der Waals surface area contributed by atoms with Crippen LogP contribution in [-0.4, -0.2) is 18.5 Å². The number of unbranched alkanes of at least 4 members (excludes halogenated alkanes) is 3. The predicted molar refractivity (Wildman–Crippen MR) is 67.3 cm³/mol. The van der Waals surface area contributed by atoms with Gasteiger partial charge in [0.15, 0.2) is 0 Å². The second-order valence-electron chi connectivity index (χ2n) is 4.01. The van der Waals surface area contributed by atoms with E-state index in [1.807, 2.05) is 6.92 Å². The number of rotatable bonds is 9. The first-order valence-corrected chi connectivity index (χ1v) is 6.28. The number of ether oxygens (including phenoxy) is 1. The number of esters is 1. The summed E-state index contributed by atoms with van der Waals surface area (Å²) < 4.78 is 4.99. The van der Waals surface area contributed by atoms with Gasteiger partial charge in [0.25, 0.3) is 0 Å². The van der Waals surface area contributed by atoms with E-state index in [0.29, 0.717) is 18.6 Å². The normalized spacial score (nSPS) is 11.3. The van der Waals surface area contributed by atoms with Crippen LogP contribution in [-0.2, 0) is 14.3 Å². The number of nitrogens with two attached hydrogens (primary N) is 1. The summed E-state index contributed by atoms with van der Waals surface area (Å²) in [4.78, 5) is 22.3. The molecule has 0 aliphatic rings. The smallest absolute Gasteiger partial charge is 0.331 e. The molecule has 0 saturated heterocycles. The summed E-state index contributed by atoms with van der Waals surface area (Å²) in [5.74, 6) is -1.02. The highest BCUT2D eigenvalue weighted by Crippen LogP contribution is 2.05. The minimum atomic E-state index is -0.546. The zero-order valence-electron chi connectivity index (χ0n) is 10.8. The molecule has 17 heavy (non-hydrogen) atoms. The molecule has 0 aromatic carbocycles. The average molecular weight is 241 g/mol. The zero-order chi connectivity index (χ0) is 13.1. The van der Waals surface area contributed by atoms with Gasteiger partial charge in [-0.05, 0) is 12.8 Å². The minimum absolute atomic E-state index is 0.339. The monoisotopic (exact) mass is 241 g/mol. The Morgan fingerprint density at radius 2 is 1.82 bits per heavy atom. The molecule has 0 aromatic heterocycles. The van der Waals surface area contributed by atoms with Gasteiger partial charge in [-0.2, -0.15) is 0 Å². The summed E-state index contributed by atoms with van der Waals surface area (Å²) in [6, 6.07) is 0. The quantitative estimate of drug-likeness (QED) is 0.382. The lowest BCUT2D eigenvalue weighted by atomic mass is 10.1. The number of amides is 1. The van der Waals surface area contributed by atoms with E-state index in [0.717, 1.165) is 32.1 Å². The van der Waals surface area contributed by atoms with E-state index >= 15 is 0 Å². The second-order valence-corrected chi connectivity index (χ2v) is 4.01. The van der Waals surface area contributed by atoms with Crippen LogP contribution in [0.3, 0.4) is 0 Å². The summed E-state index contributed by atoms with van der Waals surface area (Å²) in [5.41, 5.74) is 5.49. The Labute approximate surface area is 103 Å². The highest BCUT2D eigenvalue weighted by molar-refractivity contribution is 5.98. The van der Waals surface area contributed by atoms with E-state index in [2.05, 4.69) is 6.92 Å². The van der Waals surface area contributed by atoms with E-state index < -0.39 is 11.9 Å². The molecule has 0 saturated carbocycles. The Balaban J connectivity index is 3.95. The standard InChI is InChI=1S/C13H23NO3/c1-3-5-6-7-9-17-12(15)10-11(8-4-2)13(14)16/h10H,3-9H2,1-2H3,(H2,14,16)/b11-10-. The van der Waals surface area contributed by atoms with Gasteiger partial charge in [-0.3, -0.25) is 4.79 Å². The maximum absolute atomic E-state index is 11.4. The molecule has 2 N–H and O–H groups in total. The van der Waals surface area contributed by atoms with Crippen molar-refractivity contribution in [1.29, 1.82) is 0 Å². The van der Waals surface area contributed by atoms with Crippen molar-refractivity contribution in [1.82, 2.24) is 0 Å². The lowest BCUT2D eigenvalue weighted by Gasteiger charge is -2.03. The predicted octanol–water partition coefficient (Wildman–Crippen LogP) is 2.32. The molecule has 1 amide bonds. The molecule has 4 nitrogen and oxygen atoms in total. The van der Waals surface area contributed by atoms with E-state index in [4.69, 9.17) is 10.5 Å². The summed E-state index contributed by atoms with van der Waals surface area (Å²) in [7, 11) is 0. The Morgan fingerprint density at radius 3 is 2.35 bits per heavy atom. The molecule has 0 spiro atoms. The number of carbonyl (C=O) groups is 2. The van der Waals surface area contributed by atoms with Crippen molar-refractivity contribution >= 4 is 11.9 Å². The number of hydrogen-bond donors (Lipinski definition) is 1. The first-order valence-electron chi connectivity index (χ1n) is 6.28. The Morgan fingerprint density at radius 1 is 1.12 bits per heavy atom. The van der Waals surface area contributed by atoms with Crippen LogP contribution in [0.25, 0.3) is 0 Å². The van der Waals surface area contributed by atoms with E-state index in [-0.39, 0.29) is 0 Å².